The van der Waals surface area contributed by atoms with Crippen LogP contribution in [0.15, 0.2) is 30.3 Å². The molecule has 0 radical (unpaired) electrons. The van der Waals surface area contributed by atoms with Crippen LogP contribution in [0.1, 0.15) is 71.5 Å². The van der Waals surface area contributed by atoms with Crippen LogP contribution in [0.2, 0.25) is 0 Å². The number of nitrogens with one attached hydrogen (secondary N) is 2. The number of anilines is 1. The lowest BCUT2D eigenvalue weighted by Gasteiger charge is -2.35. The lowest BCUT2D eigenvalue weighted by atomic mass is 10.0. The standard InChI is InChI=1S/C23H29N5O/c29-23-20-18(11-12-24-23)22(27-21(26-20)17-9-10-17)25-15-19(16-7-3-1-4-8-16)28-13-5-2-6-14-28/h1,3-4,7-8,17,19H,2,5-6,9-15H2,(H,24,29)(H,25,26,27). The van der Waals surface area contributed by atoms with Crippen LogP contribution in [-0.4, -0.2) is 47.0 Å². The second kappa shape index (κ2) is 8.11. The minimum absolute atomic E-state index is 0.0609. The number of rotatable bonds is 6. The Labute approximate surface area is 172 Å². The average Bonchev–Trinajstić information content (AvgIpc) is 3.61. The quantitative estimate of drug-likeness (QED) is 0.791. The Morgan fingerprint density at radius 1 is 1.10 bits per heavy atom. The van der Waals surface area contributed by atoms with Gasteiger partial charge in [-0.2, -0.15) is 0 Å². The number of benzene rings is 1. The number of fused-ring (bicyclic) bond motifs is 1. The third-order valence-electron chi connectivity index (χ3n) is 6.32. The molecule has 1 saturated heterocycles. The number of hydrogen-bond acceptors (Lipinski definition) is 5. The summed E-state index contributed by atoms with van der Waals surface area (Å²) in [5.74, 6) is 2.05. The van der Waals surface area contributed by atoms with Crippen LogP contribution in [0, 0.1) is 0 Å². The van der Waals surface area contributed by atoms with Gasteiger partial charge in [-0.1, -0.05) is 36.8 Å². The lowest BCUT2D eigenvalue weighted by Crippen LogP contribution is -2.38. The highest BCUT2D eigenvalue weighted by Crippen LogP contribution is 2.39. The van der Waals surface area contributed by atoms with Crippen molar-refractivity contribution in [1.82, 2.24) is 20.2 Å². The van der Waals surface area contributed by atoms with Gasteiger partial charge in [0.15, 0.2) is 0 Å². The number of aromatic nitrogens is 2. The van der Waals surface area contributed by atoms with Gasteiger partial charge in [0.05, 0.1) is 6.04 Å². The fourth-order valence-corrected chi connectivity index (χ4v) is 4.54. The van der Waals surface area contributed by atoms with E-state index in [1.54, 1.807) is 0 Å². The van der Waals surface area contributed by atoms with Crippen molar-refractivity contribution >= 4 is 11.7 Å². The van der Waals surface area contributed by atoms with Gasteiger partial charge >= 0.3 is 0 Å². The summed E-state index contributed by atoms with van der Waals surface area (Å²) < 4.78 is 0. The van der Waals surface area contributed by atoms with Gasteiger partial charge in [-0.25, -0.2) is 9.97 Å². The number of carbonyl (C=O) groups is 1. The Kier molecular flexibility index (Phi) is 5.19. The van der Waals surface area contributed by atoms with Crippen LogP contribution in [0.3, 0.4) is 0 Å². The first-order valence-corrected chi connectivity index (χ1v) is 11.0. The lowest BCUT2D eigenvalue weighted by molar-refractivity contribution is 0.0940. The van der Waals surface area contributed by atoms with E-state index in [-0.39, 0.29) is 5.91 Å². The fraction of sp³-hybridized carbons (Fsp3) is 0.522. The van der Waals surface area contributed by atoms with Crippen molar-refractivity contribution < 1.29 is 4.79 Å². The minimum atomic E-state index is -0.0609. The Balaban J connectivity index is 1.43. The molecule has 5 rings (SSSR count). The Morgan fingerprint density at radius 3 is 2.66 bits per heavy atom. The highest BCUT2D eigenvalue weighted by atomic mass is 16.1. The number of nitrogens with zero attached hydrogens (tertiary/aromatic N) is 3. The normalized spacial score (nSPS) is 20.6. The van der Waals surface area contributed by atoms with Gasteiger partial charge in [-0.3, -0.25) is 9.69 Å². The van der Waals surface area contributed by atoms with Crippen LogP contribution in [0.25, 0.3) is 0 Å². The third-order valence-corrected chi connectivity index (χ3v) is 6.32. The van der Waals surface area contributed by atoms with Crippen molar-refractivity contribution in [2.75, 3.05) is 31.5 Å². The van der Waals surface area contributed by atoms with Gasteiger partial charge in [0.2, 0.25) is 0 Å². The molecule has 1 saturated carbocycles. The Bertz CT molecular complexity index is 874. The van der Waals surface area contributed by atoms with Gasteiger partial charge in [0, 0.05) is 24.6 Å². The van der Waals surface area contributed by atoms with Crippen LogP contribution in [0.5, 0.6) is 0 Å². The molecule has 3 aliphatic rings. The summed E-state index contributed by atoms with van der Waals surface area (Å²) in [6.45, 7) is 3.72. The maximum atomic E-state index is 12.4. The molecule has 1 aromatic carbocycles. The molecule has 2 aromatic rings. The third kappa shape index (κ3) is 3.99. The van der Waals surface area contributed by atoms with Gasteiger partial charge in [-0.15, -0.1) is 0 Å². The van der Waals surface area contributed by atoms with Crippen molar-refractivity contribution in [3.63, 3.8) is 0 Å². The predicted molar refractivity (Wildman–Crippen MR) is 113 cm³/mol. The maximum absolute atomic E-state index is 12.4. The molecule has 3 heterocycles. The monoisotopic (exact) mass is 391 g/mol. The summed E-state index contributed by atoms with van der Waals surface area (Å²) in [5.41, 5.74) is 2.89. The molecular formula is C23H29N5O. The zero-order chi connectivity index (χ0) is 19.6. The van der Waals surface area contributed by atoms with E-state index in [0.29, 0.717) is 24.2 Å². The molecular weight excluding hydrogens is 362 g/mol. The highest BCUT2D eigenvalue weighted by Gasteiger charge is 2.31. The van der Waals surface area contributed by atoms with Crippen molar-refractivity contribution in [1.29, 1.82) is 0 Å². The summed E-state index contributed by atoms with van der Waals surface area (Å²) >= 11 is 0. The number of amides is 1. The van der Waals surface area contributed by atoms with Crippen molar-refractivity contribution in [3.8, 4) is 0 Å². The van der Waals surface area contributed by atoms with Gasteiger partial charge < -0.3 is 10.6 Å². The van der Waals surface area contributed by atoms with E-state index >= 15 is 0 Å². The molecule has 2 fully saturated rings. The first-order chi connectivity index (χ1) is 14.3. The molecule has 6 nitrogen and oxygen atoms in total. The largest absolute Gasteiger partial charge is 0.368 e. The van der Waals surface area contributed by atoms with Crippen molar-refractivity contribution in [3.05, 3.63) is 53.0 Å². The zero-order valence-corrected chi connectivity index (χ0v) is 16.9. The van der Waals surface area contributed by atoms with Gasteiger partial charge in [-0.05, 0) is 50.8 Å². The van der Waals surface area contributed by atoms with E-state index in [0.717, 1.165) is 56.1 Å². The maximum Gasteiger partial charge on any atom is 0.270 e. The number of piperidine rings is 1. The minimum Gasteiger partial charge on any atom is -0.368 e. The summed E-state index contributed by atoms with van der Waals surface area (Å²) in [6, 6.07) is 11.1. The van der Waals surface area contributed by atoms with E-state index in [9.17, 15) is 4.79 Å². The first-order valence-electron chi connectivity index (χ1n) is 11.0. The second-order valence-corrected chi connectivity index (χ2v) is 8.44. The molecule has 152 valence electrons. The molecule has 1 aliphatic carbocycles. The van der Waals surface area contributed by atoms with E-state index in [2.05, 4.69) is 50.8 Å². The molecule has 1 aromatic heterocycles. The van der Waals surface area contributed by atoms with E-state index < -0.39 is 0 Å². The summed E-state index contributed by atoms with van der Waals surface area (Å²) in [6.07, 6.45) is 6.88. The van der Waals surface area contributed by atoms with Crippen LogP contribution < -0.4 is 10.6 Å². The predicted octanol–water partition coefficient (Wildman–Crippen LogP) is 3.28. The molecule has 2 N–H and O–H groups in total. The van der Waals surface area contributed by atoms with Crippen molar-refractivity contribution in [2.24, 2.45) is 0 Å². The first kappa shape index (κ1) is 18.6. The SMILES string of the molecule is O=C1NCCc2c(NCC(c3ccccc3)N3CCCCC3)nc(C3CC3)nc21. The summed E-state index contributed by atoms with van der Waals surface area (Å²) in [4.78, 5) is 24.5. The number of hydrogen-bond donors (Lipinski definition) is 2. The molecule has 1 atom stereocenters. The summed E-state index contributed by atoms with van der Waals surface area (Å²) in [7, 11) is 0. The zero-order valence-electron chi connectivity index (χ0n) is 16.9. The van der Waals surface area contributed by atoms with Crippen LogP contribution >= 0.6 is 0 Å². The molecule has 0 spiro atoms. The van der Waals surface area contributed by atoms with E-state index in [1.165, 1.54) is 24.8 Å². The molecule has 2 aliphatic heterocycles. The fourth-order valence-electron chi connectivity index (χ4n) is 4.54. The molecule has 0 bridgehead atoms. The topological polar surface area (TPSA) is 70.2 Å². The Hall–Kier alpha value is -2.47. The number of carbonyl (C=O) groups excluding carboxylic acids is 1. The second-order valence-electron chi connectivity index (χ2n) is 8.44. The number of likely N-dealkylation sites (tertiary alicyclic amines) is 1. The molecule has 1 amide bonds. The average molecular weight is 392 g/mol. The van der Waals surface area contributed by atoms with Gasteiger partial charge in [0.1, 0.15) is 17.3 Å². The smallest absolute Gasteiger partial charge is 0.270 e. The highest BCUT2D eigenvalue weighted by molar-refractivity contribution is 5.96. The van der Waals surface area contributed by atoms with Crippen LogP contribution in [0.4, 0.5) is 5.82 Å². The van der Waals surface area contributed by atoms with E-state index in [1.807, 2.05) is 0 Å². The Morgan fingerprint density at radius 2 is 1.90 bits per heavy atom. The molecule has 1 unspecified atom stereocenters. The van der Waals surface area contributed by atoms with Crippen molar-refractivity contribution in [2.45, 2.75) is 50.5 Å². The molecule has 29 heavy (non-hydrogen) atoms. The van der Waals surface area contributed by atoms with Crippen LogP contribution in [-0.2, 0) is 6.42 Å². The molecule has 6 heteroatoms. The summed E-state index contributed by atoms with van der Waals surface area (Å²) in [5, 5.41) is 6.57. The van der Waals surface area contributed by atoms with E-state index in [4.69, 9.17) is 4.98 Å². The van der Waals surface area contributed by atoms with Gasteiger partial charge in [0.25, 0.3) is 5.91 Å².